The number of imidazole rings is 1. The summed E-state index contributed by atoms with van der Waals surface area (Å²) in [5.74, 6) is 1.05. The normalized spacial score (nSPS) is 18.0. The van der Waals surface area contributed by atoms with Crippen LogP contribution < -0.4 is 16.0 Å². The van der Waals surface area contributed by atoms with Gasteiger partial charge in [-0.25, -0.2) is 4.98 Å². The van der Waals surface area contributed by atoms with Gasteiger partial charge in [0.05, 0.1) is 30.9 Å². The van der Waals surface area contributed by atoms with Gasteiger partial charge in [-0.2, -0.15) is 0 Å². The molecule has 0 unspecified atom stereocenters. The van der Waals surface area contributed by atoms with Gasteiger partial charge in [-0.3, -0.25) is 14.0 Å². The Morgan fingerprint density at radius 2 is 1.92 bits per heavy atom. The minimum absolute atomic E-state index is 0.0332. The number of fused-ring (bicyclic) bond motifs is 1. The fraction of sp³-hybridized carbons (Fsp3) is 0.536. The summed E-state index contributed by atoms with van der Waals surface area (Å²) in [5, 5.41) is 0. The molecule has 0 radical (unpaired) electrons. The second-order valence-electron chi connectivity index (χ2n) is 10.6. The minimum atomic E-state index is -1.16. The molecule has 0 spiro atoms. The van der Waals surface area contributed by atoms with Crippen LogP contribution in [0, 0.1) is 0 Å². The number of nitrogens with zero attached hydrogens (tertiary/aromatic N) is 3. The van der Waals surface area contributed by atoms with Crippen LogP contribution in [-0.2, 0) is 26.2 Å². The van der Waals surface area contributed by atoms with Gasteiger partial charge in [0.15, 0.2) is 0 Å². The van der Waals surface area contributed by atoms with E-state index in [-0.39, 0.29) is 17.8 Å². The molecule has 2 aliphatic rings. The van der Waals surface area contributed by atoms with Crippen molar-refractivity contribution in [2.24, 2.45) is 5.73 Å². The van der Waals surface area contributed by atoms with Crippen LogP contribution in [-0.4, -0.2) is 46.3 Å². The molecule has 2 fully saturated rings. The topological polar surface area (TPSA) is 110 Å². The first kappa shape index (κ1) is 25.5. The lowest BCUT2D eigenvalue weighted by Gasteiger charge is -2.30. The standard InChI is InChI=1S/C28H36N4O5/c1-28(2,26(29)34)21-15-31(27-30-22(18-7-6-8-18)16-32(27)25(21)33)17-24(37-19-11-13-36-14-12-19)20-9-4-5-10-23(20)35-3/h4-5,9-10,15-16,18-19,24H,6-8,11-14,17H2,1-3H3,(H2,29,34)/t24-/m0/s1. The third-order valence-electron chi connectivity index (χ3n) is 7.88. The SMILES string of the molecule is COc1ccccc1[C@H](Cn1cc(C(C)(C)C(N)=O)c(=O)n2cc(C3CCC3)nc12)OC1CCOCC1. The van der Waals surface area contributed by atoms with Crippen LogP contribution >= 0.6 is 0 Å². The number of carbonyl (C=O) groups is 1. The number of primary amides is 1. The van der Waals surface area contributed by atoms with Gasteiger partial charge in [-0.05, 0) is 45.6 Å². The van der Waals surface area contributed by atoms with Crippen molar-refractivity contribution in [3.63, 3.8) is 0 Å². The van der Waals surface area contributed by atoms with Gasteiger partial charge in [0.25, 0.3) is 5.56 Å². The van der Waals surface area contributed by atoms with Gasteiger partial charge in [-0.1, -0.05) is 24.6 Å². The third-order valence-corrected chi connectivity index (χ3v) is 7.88. The van der Waals surface area contributed by atoms with Crippen molar-refractivity contribution in [3.05, 3.63) is 63.8 Å². The van der Waals surface area contributed by atoms with Gasteiger partial charge in [0.1, 0.15) is 11.9 Å². The number of amides is 1. The highest BCUT2D eigenvalue weighted by molar-refractivity contribution is 5.85. The number of carbonyl (C=O) groups excluding carboxylic acids is 1. The van der Waals surface area contributed by atoms with E-state index in [0.29, 0.717) is 37.0 Å². The predicted molar refractivity (Wildman–Crippen MR) is 139 cm³/mol. The predicted octanol–water partition coefficient (Wildman–Crippen LogP) is 3.47. The fourth-order valence-electron chi connectivity index (χ4n) is 5.11. The molecule has 0 bridgehead atoms. The Bertz CT molecular complexity index is 1330. The van der Waals surface area contributed by atoms with Crippen LogP contribution in [0.15, 0.2) is 41.5 Å². The molecule has 198 valence electrons. The van der Waals surface area contributed by atoms with Crippen LogP contribution in [0.1, 0.15) is 74.8 Å². The maximum atomic E-state index is 13.6. The Morgan fingerprint density at radius 1 is 1.19 bits per heavy atom. The van der Waals surface area contributed by atoms with Crippen molar-refractivity contribution >= 4 is 11.7 Å². The lowest BCUT2D eigenvalue weighted by atomic mass is 9.83. The molecule has 9 heteroatoms. The van der Waals surface area contributed by atoms with Crippen molar-refractivity contribution in [2.75, 3.05) is 20.3 Å². The molecule has 2 N–H and O–H groups in total. The summed E-state index contributed by atoms with van der Waals surface area (Å²) in [5.41, 5.74) is 6.46. The molecule has 1 aliphatic carbocycles. The molecule has 1 saturated carbocycles. The number of hydrogen-bond acceptors (Lipinski definition) is 6. The van der Waals surface area contributed by atoms with Gasteiger partial charge in [0, 0.05) is 42.7 Å². The summed E-state index contributed by atoms with van der Waals surface area (Å²) in [7, 11) is 1.65. The first-order valence-electron chi connectivity index (χ1n) is 13.1. The number of aromatic nitrogens is 3. The third kappa shape index (κ3) is 4.90. The van der Waals surface area contributed by atoms with E-state index >= 15 is 0 Å². The fourth-order valence-corrected chi connectivity index (χ4v) is 5.11. The Morgan fingerprint density at radius 3 is 2.57 bits per heavy atom. The van der Waals surface area contributed by atoms with Gasteiger partial charge in [0.2, 0.25) is 11.7 Å². The molecule has 37 heavy (non-hydrogen) atoms. The summed E-state index contributed by atoms with van der Waals surface area (Å²) in [4.78, 5) is 30.9. The number of rotatable bonds is 9. The number of para-hydroxylation sites is 1. The summed E-state index contributed by atoms with van der Waals surface area (Å²) in [6.07, 6.45) is 8.12. The Balaban J connectivity index is 1.63. The monoisotopic (exact) mass is 508 g/mol. The maximum Gasteiger partial charge on any atom is 0.263 e. The van der Waals surface area contributed by atoms with Crippen LogP contribution in [0.4, 0.5) is 0 Å². The second kappa shape index (κ2) is 10.3. The number of hydrogen-bond donors (Lipinski definition) is 1. The minimum Gasteiger partial charge on any atom is -0.496 e. The van der Waals surface area contributed by atoms with Crippen molar-refractivity contribution < 1.29 is 19.0 Å². The van der Waals surface area contributed by atoms with E-state index in [2.05, 4.69) is 0 Å². The second-order valence-corrected chi connectivity index (χ2v) is 10.6. The Labute approximate surface area is 216 Å². The molecular formula is C28H36N4O5. The van der Waals surface area contributed by atoms with Crippen molar-refractivity contribution in [3.8, 4) is 5.75 Å². The van der Waals surface area contributed by atoms with Gasteiger partial charge in [-0.15, -0.1) is 0 Å². The van der Waals surface area contributed by atoms with Crippen molar-refractivity contribution in [1.29, 1.82) is 0 Å². The molecule has 1 atom stereocenters. The van der Waals surface area contributed by atoms with E-state index in [1.807, 2.05) is 35.0 Å². The van der Waals surface area contributed by atoms with Crippen LogP contribution in [0.5, 0.6) is 5.75 Å². The summed E-state index contributed by atoms with van der Waals surface area (Å²) >= 11 is 0. The van der Waals surface area contributed by atoms with Gasteiger partial charge >= 0.3 is 0 Å². The zero-order valence-corrected chi connectivity index (χ0v) is 21.8. The molecule has 5 rings (SSSR count). The smallest absolute Gasteiger partial charge is 0.263 e. The molecule has 1 aromatic carbocycles. The largest absolute Gasteiger partial charge is 0.496 e. The number of nitrogens with two attached hydrogens (primary N) is 1. The van der Waals surface area contributed by atoms with Crippen LogP contribution in [0.3, 0.4) is 0 Å². The molecule has 1 amide bonds. The molecule has 3 aromatic rings. The van der Waals surface area contributed by atoms with E-state index in [1.165, 1.54) is 0 Å². The summed E-state index contributed by atoms with van der Waals surface area (Å²) in [6.45, 7) is 5.07. The molecule has 9 nitrogen and oxygen atoms in total. The van der Waals surface area contributed by atoms with Crippen LogP contribution in [0.2, 0.25) is 0 Å². The van der Waals surface area contributed by atoms with E-state index in [4.69, 9.17) is 24.9 Å². The highest BCUT2D eigenvalue weighted by Crippen LogP contribution is 2.36. The lowest BCUT2D eigenvalue weighted by molar-refractivity contribution is -0.122. The van der Waals surface area contributed by atoms with E-state index in [9.17, 15) is 9.59 Å². The Hall–Kier alpha value is -3.17. The highest BCUT2D eigenvalue weighted by Gasteiger charge is 2.34. The Kier molecular flexibility index (Phi) is 7.09. The summed E-state index contributed by atoms with van der Waals surface area (Å²) in [6, 6.07) is 7.81. The molecular weight excluding hydrogens is 472 g/mol. The lowest BCUT2D eigenvalue weighted by Crippen LogP contribution is -2.41. The average molecular weight is 509 g/mol. The van der Waals surface area contributed by atoms with Crippen LogP contribution in [0.25, 0.3) is 5.78 Å². The zero-order chi connectivity index (χ0) is 26.2. The van der Waals surface area contributed by atoms with E-state index < -0.39 is 11.3 Å². The van der Waals surface area contributed by atoms with E-state index in [0.717, 1.165) is 49.1 Å². The quantitative estimate of drug-likeness (QED) is 0.474. The molecule has 1 saturated heterocycles. The first-order valence-corrected chi connectivity index (χ1v) is 13.1. The highest BCUT2D eigenvalue weighted by atomic mass is 16.5. The molecule has 2 aromatic heterocycles. The number of ether oxygens (including phenoxy) is 3. The van der Waals surface area contributed by atoms with E-state index in [1.54, 1.807) is 31.6 Å². The summed E-state index contributed by atoms with van der Waals surface area (Å²) < 4.78 is 21.4. The first-order chi connectivity index (χ1) is 17.8. The zero-order valence-electron chi connectivity index (χ0n) is 21.8. The molecule has 3 heterocycles. The number of methoxy groups -OCH3 is 1. The van der Waals surface area contributed by atoms with Crippen molar-refractivity contribution in [1.82, 2.24) is 14.0 Å². The molecule has 1 aliphatic heterocycles. The number of benzene rings is 1. The van der Waals surface area contributed by atoms with Crippen molar-refractivity contribution in [2.45, 2.75) is 76.0 Å². The average Bonchev–Trinajstić information content (AvgIpc) is 3.30. The van der Waals surface area contributed by atoms with Gasteiger partial charge < -0.3 is 24.5 Å². The maximum absolute atomic E-state index is 13.6.